The van der Waals surface area contributed by atoms with Crippen molar-refractivity contribution in [3.05, 3.63) is 75.7 Å². The molecule has 1 heterocycles. The molecule has 1 nitrogen and oxygen atoms in total. The third-order valence-electron chi connectivity index (χ3n) is 3.14. The molecular formula is C17H13ClFNS. The second-order valence-corrected chi connectivity index (χ2v) is 6.08. The summed E-state index contributed by atoms with van der Waals surface area (Å²) in [6.07, 6.45) is 0. The first kappa shape index (κ1) is 14.1. The van der Waals surface area contributed by atoms with Gasteiger partial charge in [-0.1, -0.05) is 41.9 Å². The summed E-state index contributed by atoms with van der Waals surface area (Å²) < 4.78 is 13.6. The lowest BCUT2D eigenvalue weighted by atomic mass is 10.1. The molecule has 3 aromatic rings. The Kier molecular flexibility index (Phi) is 4.23. The van der Waals surface area contributed by atoms with Crippen molar-refractivity contribution >= 4 is 28.6 Å². The molecule has 0 fully saturated rings. The molecule has 0 aliphatic heterocycles. The van der Waals surface area contributed by atoms with Gasteiger partial charge in [-0.2, -0.15) is 0 Å². The zero-order chi connectivity index (χ0) is 14.7. The van der Waals surface area contributed by atoms with Gasteiger partial charge in [-0.3, -0.25) is 0 Å². The second kappa shape index (κ2) is 6.29. The van der Waals surface area contributed by atoms with Crippen molar-refractivity contribution in [2.24, 2.45) is 0 Å². The van der Waals surface area contributed by atoms with Crippen LogP contribution >= 0.6 is 22.9 Å². The number of hydrogen-bond donors (Lipinski definition) is 1. The van der Waals surface area contributed by atoms with E-state index in [0.29, 0.717) is 17.3 Å². The van der Waals surface area contributed by atoms with Gasteiger partial charge in [0.15, 0.2) is 0 Å². The Morgan fingerprint density at radius 1 is 1.00 bits per heavy atom. The minimum Gasteiger partial charge on any atom is -0.378 e. The van der Waals surface area contributed by atoms with E-state index in [2.05, 4.69) is 28.9 Å². The summed E-state index contributed by atoms with van der Waals surface area (Å²) >= 11 is 7.53. The average molecular weight is 318 g/mol. The quantitative estimate of drug-likeness (QED) is 0.639. The van der Waals surface area contributed by atoms with Crippen LogP contribution in [0.5, 0.6) is 0 Å². The number of halogens is 2. The SMILES string of the molecule is Fc1ccc(Cl)cc1NCc1cc(-c2ccccc2)cs1. The second-order valence-electron chi connectivity index (χ2n) is 4.65. The number of hydrogen-bond acceptors (Lipinski definition) is 2. The lowest BCUT2D eigenvalue weighted by molar-refractivity contribution is 0.630. The Morgan fingerprint density at radius 3 is 2.62 bits per heavy atom. The van der Waals surface area contributed by atoms with Gasteiger partial charge in [-0.05, 0) is 40.8 Å². The van der Waals surface area contributed by atoms with E-state index >= 15 is 0 Å². The zero-order valence-corrected chi connectivity index (χ0v) is 12.7. The minimum atomic E-state index is -0.292. The molecular weight excluding hydrogens is 305 g/mol. The van der Waals surface area contributed by atoms with E-state index < -0.39 is 0 Å². The van der Waals surface area contributed by atoms with E-state index in [4.69, 9.17) is 11.6 Å². The lowest BCUT2D eigenvalue weighted by Crippen LogP contribution is -1.99. The summed E-state index contributed by atoms with van der Waals surface area (Å²) in [5, 5.41) is 5.72. The molecule has 0 unspecified atom stereocenters. The molecule has 0 amide bonds. The Labute approximate surface area is 132 Å². The van der Waals surface area contributed by atoms with E-state index in [1.54, 1.807) is 23.5 Å². The topological polar surface area (TPSA) is 12.0 Å². The van der Waals surface area contributed by atoms with Gasteiger partial charge in [0, 0.05) is 16.4 Å². The van der Waals surface area contributed by atoms with Gasteiger partial charge < -0.3 is 5.32 Å². The largest absolute Gasteiger partial charge is 0.378 e. The predicted octanol–water partition coefficient (Wildman–Crippen LogP) is 5.82. The van der Waals surface area contributed by atoms with Gasteiger partial charge in [0.05, 0.1) is 5.69 Å². The molecule has 0 aliphatic rings. The molecule has 4 heteroatoms. The number of thiophene rings is 1. The van der Waals surface area contributed by atoms with E-state index in [-0.39, 0.29) is 5.82 Å². The van der Waals surface area contributed by atoms with Crippen LogP contribution in [-0.4, -0.2) is 0 Å². The van der Waals surface area contributed by atoms with E-state index in [0.717, 1.165) is 4.88 Å². The van der Waals surface area contributed by atoms with Crippen molar-refractivity contribution in [3.8, 4) is 11.1 Å². The van der Waals surface area contributed by atoms with Crippen LogP contribution in [0.4, 0.5) is 10.1 Å². The summed E-state index contributed by atoms with van der Waals surface area (Å²) in [5.41, 5.74) is 2.80. The maximum atomic E-state index is 13.6. The molecule has 3 rings (SSSR count). The Hall–Kier alpha value is -1.84. The van der Waals surface area contributed by atoms with Crippen LogP contribution in [0.2, 0.25) is 5.02 Å². The fourth-order valence-electron chi connectivity index (χ4n) is 2.07. The molecule has 2 aromatic carbocycles. The van der Waals surface area contributed by atoms with Gasteiger partial charge >= 0.3 is 0 Å². The van der Waals surface area contributed by atoms with Crippen LogP contribution in [-0.2, 0) is 6.54 Å². The summed E-state index contributed by atoms with van der Waals surface area (Å²) in [6, 6.07) is 16.8. The van der Waals surface area contributed by atoms with Crippen LogP contribution in [0.15, 0.2) is 60.0 Å². The molecule has 21 heavy (non-hydrogen) atoms. The predicted molar refractivity (Wildman–Crippen MR) is 88.5 cm³/mol. The van der Waals surface area contributed by atoms with Crippen molar-refractivity contribution in [3.63, 3.8) is 0 Å². The fourth-order valence-corrected chi connectivity index (χ4v) is 3.08. The molecule has 0 atom stereocenters. The number of benzene rings is 2. The van der Waals surface area contributed by atoms with Crippen molar-refractivity contribution in [2.75, 3.05) is 5.32 Å². The third-order valence-corrected chi connectivity index (χ3v) is 4.31. The van der Waals surface area contributed by atoms with Crippen molar-refractivity contribution < 1.29 is 4.39 Å². The molecule has 0 saturated carbocycles. The fraction of sp³-hybridized carbons (Fsp3) is 0.0588. The Bertz CT molecular complexity index is 740. The first-order valence-corrected chi connectivity index (χ1v) is 7.80. The van der Waals surface area contributed by atoms with Crippen LogP contribution in [0.3, 0.4) is 0 Å². The van der Waals surface area contributed by atoms with Gasteiger partial charge in [-0.25, -0.2) is 4.39 Å². The Morgan fingerprint density at radius 2 is 1.81 bits per heavy atom. The Balaban J connectivity index is 1.72. The summed E-state index contributed by atoms with van der Waals surface area (Å²) in [7, 11) is 0. The average Bonchev–Trinajstić information content (AvgIpc) is 2.98. The molecule has 0 saturated heterocycles. The standard InChI is InChI=1S/C17H13ClFNS/c18-14-6-7-16(19)17(9-14)20-10-15-8-13(11-21-15)12-4-2-1-3-5-12/h1-9,11,20H,10H2. The van der Waals surface area contributed by atoms with Crippen LogP contribution in [0.1, 0.15) is 4.88 Å². The smallest absolute Gasteiger partial charge is 0.146 e. The molecule has 0 aliphatic carbocycles. The lowest BCUT2D eigenvalue weighted by Gasteiger charge is -2.06. The van der Waals surface area contributed by atoms with E-state index in [1.807, 2.05) is 18.2 Å². The molecule has 106 valence electrons. The summed E-state index contributed by atoms with van der Waals surface area (Å²) in [6.45, 7) is 0.578. The van der Waals surface area contributed by atoms with Gasteiger partial charge in [0.2, 0.25) is 0 Å². The number of nitrogens with one attached hydrogen (secondary N) is 1. The normalized spacial score (nSPS) is 10.6. The third kappa shape index (κ3) is 3.43. The maximum absolute atomic E-state index is 13.6. The number of rotatable bonds is 4. The molecule has 1 aromatic heterocycles. The highest BCUT2D eigenvalue weighted by atomic mass is 35.5. The van der Waals surface area contributed by atoms with E-state index in [9.17, 15) is 4.39 Å². The summed E-state index contributed by atoms with van der Waals surface area (Å²) in [5.74, 6) is -0.292. The van der Waals surface area contributed by atoms with Crippen molar-refractivity contribution in [1.29, 1.82) is 0 Å². The van der Waals surface area contributed by atoms with Crippen molar-refractivity contribution in [1.82, 2.24) is 0 Å². The molecule has 0 radical (unpaired) electrons. The molecule has 0 bridgehead atoms. The highest BCUT2D eigenvalue weighted by Crippen LogP contribution is 2.27. The van der Waals surface area contributed by atoms with Crippen LogP contribution in [0.25, 0.3) is 11.1 Å². The number of anilines is 1. The van der Waals surface area contributed by atoms with E-state index in [1.165, 1.54) is 17.2 Å². The van der Waals surface area contributed by atoms with Gasteiger partial charge in [0.1, 0.15) is 5.82 Å². The minimum absolute atomic E-state index is 0.292. The highest BCUT2D eigenvalue weighted by Gasteiger charge is 2.05. The highest BCUT2D eigenvalue weighted by molar-refractivity contribution is 7.10. The maximum Gasteiger partial charge on any atom is 0.146 e. The summed E-state index contributed by atoms with van der Waals surface area (Å²) in [4.78, 5) is 1.15. The first-order chi connectivity index (χ1) is 10.2. The molecule has 0 spiro atoms. The first-order valence-electron chi connectivity index (χ1n) is 6.54. The molecule has 1 N–H and O–H groups in total. The van der Waals surface area contributed by atoms with Gasteiger partial charge in [-0.15, -0.1) is 11.3 Å². The van der Waals surface area contributed by atoms with Gasteiger partial charge in [0.25, 0.3) is 0 Å². The van der Waals surface area contributed by atoms with Crippen LogP contribution in [0, 0.1) is 5.82 Å². The van der Waals surface area contributed by atoms with Crippen LogP contribution < -0.4 is 5.32 Å². The zero-order valence-electron chi connectivity index (χ0n) is 11.1. The monoisotopic (exact) mass is 317 g/mol. The van der Waals surface area contributed by atoms with Crippen molar-refractivity contribution in [2.45, 2.75) is 6.54 Å².